The minimum Gasteiger partial charge on any atom is -0.311 e. The highest BCUT2D eigenvalue weighted by molar-refractivity contribution is 7.09. The van der Waals surface area contributed by atoms with Gasteiger partial charge in [-0.1, -0.05) is 6.07 Å². The van der Waals surface area contributed by atoms with Gasteiger partial charge in [0.05, 0.1) is 5.69 Å². The van der Waals surface area contributed by atoms with E-state index in [-0.39, 0.29) is 5.56 Å². The average molecular weight is 261 g/mol. The lowest BCUT2D eigenvalue weighted by atomic mass is 10.1. The summed E-state index contributed by atoms with van der Waals surface area (Å²) in [5, 5.41) is 2.10. The molecule has 0 unspecified atom stereocenters. The first-order chi connectivity index (χ1) is 8.72. The van der Waals surface area contributed by atoms with E-state index in [1.54, 1.807) is 11.3 Å². The van der Waals surface area contributed by atoms with Crippen molar-refractivity contribution in [1.82, 2.24) is 14.9 Å². The fourth-order valence-electron chi connectivity index (χ4n) is 2.38. The van der Waals surface area contributed by atoms with Crippen molar-refractivity contribution >= 4 is 11.3 Å². The number of aromatic amines is 1. The molecule has 1 N–H and O–H groups in total. The Morgan fingerprint density at radius 1 is 1.56 bits per heavy atom. The van der Waals surface area contributed by atoms with Gasteiger partial charge < -0.3 is 4.98 Å². The van der Waals surface area contributed by atoms with Gasteiger partial charge in [-0.05, 0) is 24.8 Å². The van der Waals surface area contributed by atoms with E-state index < -0.39 is 0 Å². The Hall–Kier alpha value is -1.46. The summed E-state index contributed by atoms with van der Waals surface area (Å²) in [7, 11) is 0. The van der Waals surface area contributed by atoms with Crippen LogP contribution in [0.2, 0.25) is 0 Å². The molecule has 18 heavy (non-hydrogen) atoms. The first kappa shape index (κ1) is 11.6. The van der Waals surface area contributed by atoms with Crippen molar-refractivity contribution in [2.24, 2.45) is 0 Å². The molecule has 0 bridgehead atoms. The van der Waals surface area contributed by atoms with Crippen molar-refractivity contribution in [3.8, 4) is 0 Å². The summed E-state index contributed by atoms with van der Waals surface area (Å²) in [4.78, 5) is 22.7. The minimum atomic E-state index is 0.0354. The molecule has 0 saturated heterocycles. The molecular weight excluding hydrogens is 246 g/mol. The number of aromatic nitrogens is 2. The van der Waals surface area contributed by atoms with Crippen LogP contribution in [0, 0.1) is 6.92 Å². The van der Waals surface area contributed by atoms with Crippen LogP contribution in [-0.4, -0.2) is 21.4 Å². The number of aryl methyl sites for hydroxylation is 1. The molecule has 2 aromatic heterocycles. The Kier molecular flexibility index (Phi) is 3.01. The molecule has 0 spiro atoms. The topological polar surface area (TPSA) is 49.0 Å². The summed E-state index contributed by atoms with van der Waals surface area (Å²) < 4.78 is 0. The number of hydrogen-bond acceptors (Lipinski definition) is 4. The van der Waals surface area contributed by atoms with E-state index in [0.29, 0.717) is 5.82 Å². The minimum absolute atomic E-state index is 0.0354. The molecular formula is C13H15N3OS. The maximum Gasteiger partial charge on any atom is 0.254 e. The van der Waals surface area contributed by atoms with Gasteiger partial charge in [-0.25, -0.2) is 4.98 Å². The van der Waals surface area contributed by atoms with E-state index in [1.807, 2.05) is 6.92 Å². The summed E-state index contributed by atoms with van der Waals surface area (Å²) in [5.74, 6) is 0.705. The number of nitrogens with zero attached hydrogens (tertiary/aromatic N) is 2. The Bertz CT molecular complexity index is 603. The van der Waals surface area contributed by atoms with E-state index >= 15 is 0 Å². The highest BCUT2D eigenvalue weighted by Gasteiger charge is 2.20. The van der Waals surface area contributed by atoms with Gasteiger partial charge in [0.1, 0.15) is 5.82 Å². The molecule has 0 radical (unpaired) electrons. The molecule has 3 rings (SSSR count). The van der Waals surface area contributed by atoms with Crippen molar-refractivity contribution < 1.29 is 0 Å². The standard InChI is InChI=1S/C13H15N3OS/c1-9-14-12-8-16(7-10-3-2-6-18-10)5-4-11(12)13(17)15-9/h2-3,6H,4-5,7-8H2,1H3,(H,14,15,17). The fourth-order valence-corrected chi connectivity index (χ4v) is 3.12. The molecule has 0 aliphatic carbocycles. The monoisotopic (exact) mass is 261 g/mol. The third kappa shape index (κ3) is 2.23. The summed E-state index contributed by atoms with van der Waals surface area (Å²) in [5.41, 5.74) is 1.84. The molecule has 94 valence electrons. The molecule has 0 amide bonds. The SMILES string of the molecule is Cc1nc2c(c(=O)[nH]1)CCN(Cc1cccs1)C2. The molecule has 1 aliphatic heterocycles. The van der Waals surface area contributed by atoms with Gasteiger partial charge in [0, 0.05) is 30.1 Å². The Labute approximate surface area is 109 Å². The Morgan fingerprint density at radius 3 is 3.22 bits per heavy atom. The molecule has 1 aliphatic rings. The quantitative estimate of drug-likeness (QED) is 0.895. The van der Waals surface area contributed by atoms with Crippen molar-refractivity contribution in [3.05, 3.63) is 49.8 Å². The van der Waals surface area contributed by atoms with Gasteiger partial charge >= 0.3 is 0 Å². The molecule has 5 heteroatoms. The lowest BCUT2D eigenvalue weighted by Crippen LogP contribution is -2.34. The highest BCUT2D eigenvalue weighted by Crippen LogP contribution is 2.18. The largest absolute Gasteiger partial charge is 0.311 e. The van der Waals surface area contributed by atoms with Crippen LogP contribution >= 0.6 is 11.3 Å². The van der Waals surface area contributed by atoms with Gasteiger partial charge in [-0.15, -0.1) is 11.3 Å². The average Bonchev–Trinajstić information content (AvgIpc) is 2.81. The number of rotatable bonds is 2. The summed E-state index contributed by atoms with van der Waals surface area (Å²) in [6, 6.07) is 4.22. The van der Waals surface area contributed by atoms with E-state index in [1.165, 1.54) is 4.88 Å². The second-order valence-electron chi connectivity index (χ2n) is 4.62. The smallest absolute Gasteiger partial charge is 0.254 e. The normalized spacial score (nSPS) is 15.6. The first-order valence-electron chi connectivity index (χ1n) is 6.06. The first-order valence-corrected chi connectivity index (χ1v) is 6.94. The van der Waals surface area contributed by atoms with Crippen LogP contribution in [-0.2, 0) is 19.5 Å². The molecule has 0 saturated carbocycles. The van der Waals surface area contributed by atoms with Crippen molar-refractivity contribution in [1.29, 1.82) is 0 Å². The number of nitrogens with one attached hydrogen (secondary N) is 1. The zero-order valence-electron chi connectivity index (χ0n) is 10.3. The number of H-pyrrole nitrogens is 1. The van der Waals surface area contributed by atoms with Crippen LogP contribution in [0.1, 0.15) is 22.0 Å². The molecule has 0 atom stereocenters. The van der Waals surface area contributed by atoms with Crippen molar-refractivity contribution in [2.75, 3.05) is 6.54 Å². The molecule has 0 aromatic carbocycles. The summed E-state index contributed by atoms with van der Waals surface area (Å²) >= 11 is 1.77. The van der Waals surface area contributed by atoms with Crippen LogP contribution in [0.3, 0.4) is 0 Å². The van der Waals surface area contributed by atoms with Gasteiger partial charge in [-0.3, -0.25) is 9.69 Å². The number of thiophene rings is 1. The van der Waals surface area contributed by atoms with Crippen LogP contribution in [0.15, 0.2) is 22.3 Å². The lowest BCUT2D eigenvalue weighted by Gasteiger charge is -2.27. The fraction of sp³-hybridized carbons (Fsp3) is 0.385. The maximum atomic E-state index is 11.8. The summed E-state index contributed by atoms with van der Waals surface area (Å²) in [6.07, 6.45) is 0.795. The van der Waals surface area contributed by atoms with Gasteiger partial charge in [0.25, 0.3) is 5.56 Å². The van der Waals surface area contributed by atoms with Gasteiger partial charge in [-0.2, -0.15) is 0 Å². The third-order valence-corrected chi connectivity index (χ3v) is 4.09. The van der Waals surface area contributed by atoms with E-state index in [9.17, 15) is 4.79 Å². The van der Waals surface area contributed by atoms with Gasteiger partial charge in [0.2, 0.25) is 0 Å². The molecule has 2 aromatic rings. The van der Waals surface area contributed by atoms with E-state index in [4.69, 9.17) is 0 Å². The van der Waals surface area contributed by atoms with E-state index in [2.05, 4.69) is 32.4 Å². The van der Waals surface area contributed by atoms with E-state index in [0.717, 1.165) is 37.3 Å². The second kappa shape index (κ2) is 4.66. The van der Waals surface area contributed by atoms with Crippen LogP contribution < -0.4 is 5.56 Å². The molecule has 0 fully saturated rings. The zero-order chi connectivity index (χ0) is 12.5. The predicted molar refractivity (Wildman–Crippen MR) is 71.7 cm³/mol. The van der Waals surface area contributed by atoms with Crippen LogP contribution in [0.5, 0.6) is 0 Å². The Balaban J connectivity index is 1.82. The lowest BCUT2D eigenvalue weighted by molar-refractivity contribution is 0.242. The molecule has 4 nitrogen and oxygen atoms in total. The van der Waals surface area contributed by atoms with Crippen LogP contribution in [0.4, 0.5) is 0 Å². The van der Waals surface area contributed by atoms with Crippen molar-refractivity contribution in [2.45, 2.75) is 26.4 Å². The summed E-state index contributed by atoms with van der Waals surface area (Å²) in [6.45, 7) is 4.49. The maximum absolute atomic E-state index is 11.8. The second-order valence-corrected chi connectivity index (χ2v) is 5.65. The molecule has 3 heterocycles. The van der Waals surface area contributed by atoms with Gasteiger partial charge in [0.15, 0.2) is 0 Å². The Morgan fingerprint density at radius 2 is 2.44 bits per heavy atom. The number of fused-ring (bicyclic) bond motifs is 1. The third-order valence-electron chi connectivity index (χ3n) is 3.23. The zero-order valence-corrected chi connectivity index (χ0v) is 11.1. The number of hydrogen-bond donors (Lipinski definition) is 1. The highest BCUT2D eigenvalue weighted by atomic mass is 32.1. The predicted octanol–water partition coefficient (Wildman–Crippen LogP) is 1.70. The van der Waals surface area contributed by atoms with Crippen molar-refractivity contribution in [3.63, 3.8) is 0 Å². The van der Waals surface area contributed by atoms with Crippen LogP contribution in [0.25, 0.3) is 0 Å².